The number of aryl methyl sites for hydroxylation is 1. The molecule has 13 nitrogen and oxygen atoms in total. The van der Waals surface area contributed by atoms with Gasteiger partial charge in [0.15, 0.2) is 0 Å². The Balaban J connectivity index is 1.32. The van der Waals surface area contributed by atoms with E-state index in [1.165, 1.54) is 18.1 Å². The summed E-state index contributed by atoms with van der Waals surface area (Å²) in [6.07, 6.45) is 5.10. The highest BCUT2D eigenvalue weighted by molar-refractivity contribution is 7.91. The summed E-state index contributed by atoms with van der Waals surface area (Å²) in [4.78, 5) is 57.5. The third kappa shape index (κ3) is 8.25. The Hall–Kier alpha value is -4.43. The van der Waals surface area contributed by atoms with Gasteiger partial charge in [-0.15, -0.1) is 6.58 Å². The van der Waals surface area contributed by atoms with Crippen LogP contribution in [0.3, 0.4) is 0 Å². The van der Waals surface area contributed by atoms with Crippen LogP contribution in [0.4, 0.5) is 4.79 Å². The van der Waals surface area contributed by atoms with E-state index in [1.807, 2.05) is 70.2 Å². The number of nitrogens with zero attached hydrogens (tertiary/aromatic N) is 1. The van der Waals surface area contributed by atoms with E-state index in [0.717, 1.165) is 53.7 Å². The molecule has 0 aromatic heterocycles. The molecular formula is C41H54N4O9S. The molecule has 4 fully saturated rings. The molecule has 0 bridgehead atoms. The SMILES string of the molecule is C=C[C@@H]1C[C@]1(NC(=O)[C@@H]1C[C@@](OC)(c2ccc(-c3ccc(OC)c(C)c3)cc2)CN1C(=O)[C@@H](NC(=O)OC1CCCC1)C(C)(C)C)C(=O)NS(=O)(=O)C1CC1. The molecule has 14 heteroatoms. The van der Waals surface area contributed by atoms with Gasteiger partial charge in [-0.2, -0.15) is 0 Å². The van der Waals surface area contributed by atoms with Crippen LogP contribution in [-0.4, -0.2) is 86.9 Å². The number of sulfonamides is 1. The highest BCUT2D eigenvalue weighted by atomic mass is 32.2. The normalized spacial score (nSPS) is 25.8. The van der Waals surface area contributed by atoms with Crippen molar-refractivity contribution in [1.82, 2.24) is 20.3 Å². The maximum Gasteiger partial charge on any atom is 0.408 e. The molecule has 3 aliphatic carbocycles. The quantitative estimate of drug-likeness (QED) is 0.241. The molecule has 2 aromatic rings. The molecule has 6 rings (SSSR count). The Labute approximate surface area is 324 Å². The molecular weight excluding hydrogens is 725 g/mol. The molecule has 0 unspecified atom stereocenters. The van der Waals surface area contributed by atoms with Gasteiger partial charge in [-0.05, 0) is 91.7 Å². The number of ether oxygens (including phenoxy) is 3. The first kappa shape index (κ1) is 40.2. The van der Waals surface area contributed by atoms with E-state index in [4.69, 9.17) is 14.2 Å². The van der Waals surface area contributed by atoms with E-state index in [9.17, 15) is 27.6 Å². The first-order valence-electron chi connectivity index (χ1n) is 19.1. The van der Waals surface area contributed by atoms with E-state index in [2.05, 4.69) is 21.9 Å². The highest BCUT2D eigenvalue weighted by Gasteiger charge is 2.62. The third-order valence-corrected chi connectivity index (χ3v) is 13.5. The largest absolute Gasteiger partial charge is 0.496 e. The topological polar surface area (TPSA) is 169 Å². The summed E-state index contributed by atoms with van der Waals surface area (Å²) in [5, 5.41) is 5.01. The fraction of sp³-hybridized carbons (Fsp3) is 0.561. The second kappa shape index (κ2) is 15.2. The van der Waals surface area contributed by atoms with Crippen LogP contribution in [0.25, 0.3) is 11.1 Å². The summed E-state index contributed by atoms with van der Waals surface area (Å²) >= 11 is 0. The molecule has 4 amide bonds. The summed E-state index contributed by atoms with van der Waals surface area (Å²) in [6, 6.07) is 11.4. The number of carbonyl (C=O) groups is 4. The Bertz CT molecular complexity index is 1930. The lowest BCUT2D eigenvalue weighted by Gasteiger charge is -2.36. The Kier molecular flexibility index (Phi) is 11.2. The molecule has 298 valence electrons. The van der Waals surface area contributed by atoms with Crippen LogP contribution < -0.4 is 20.1 Å². The molecule has 0 spiro atoms. The van der Waals surface area contributed by atoms with Gasteiger partial charge in [0.1, 0.15) is 35.1 Å². The van der Waals surface area contributed by atoms with Crippen molar-refractivity contribution >= 4 is 33.8 Å². The van der Waals surface area contributed by atoms with Crippen LogP contribution in [-0.2, 0) is 39.5 Å². The van der Waals surface area contributed by atoms with Crippen LogP contribution in [0.5, 0.6) is 5.75 Å². The monoisotopic (exact) mass is 778 g/mol. The predicted octanol–water partition coefficient (Wildman–Crippen LogP) is 4.87. The fourth-order valence-corrected chi connectivity index (χ4v) is 9.34. The average Bonchev–Trinajstić information content (AvgIpc) is 4.03. The van der Waals surface area contributed by atoms with Gasteiger partial charge in [0.2, 0.25) is 21.8 Å². The van der Waals surface area contributed by atoms with E-state index in [0.29, 0.717) is 12.8 Å². The van der Waals surface area contributed by atoms with Gasteiger partial charge in [0.25, 0.3) is 5.91 Å². The van der Waals surface area contributed by atoms with Gasteiger partial charge in [0, 0.05) is 19.4 Å². The number of nitrogens with one attached hydrogen (secondary N) is 3. The number of hydrogen-bond acceptors (Lipinski definition) is 9. The lowest BCUT2D eigenvalue weighted by atomic mass is 9.85. The standard InChI is InChI=1S/C41H54N4O9S/c1-8-28-22-41(28,37(48)44-55(50,51)31-18-19-31)43-35(46)32-23-40(53-7,29-16-13-26(14-17-29)27-15-20-33(52-6)25(2)21-27)24-45(32)36(47)34(39(3,4)5)42-38(49)54-30-11-9-10-12-30/h8,13-17,20-21,28,30-32,34H,1,9-12,18-19,22-24H2,2-7H3,(H,42,49)(H,43,46)(H,44,48)/t28-,32+,34-,40+,41-/m1/s1. The minimum atomic E-state index is -3.90. The average molecular weight is 779 g/mol. The highest BCUT2D eigenvalue weighted by Crippen LogP contribution is 2.47. The summed E-state index contributed by atoms with van der Waals surface area (Å²) in [5.41, 5.74) is 0.106. The van der Waals surface area contributed by atoms with Gasteiger partial charge < -0.3 is 29.7 Å². The predicted molar refractivity (Wildman–Crippen MR) is 206 cm³/mol. The van der Waals surface area contributed by atoms with Crippen molar-refractivity contribution in [3.05, 3.63) is 66.2 Å². The van der Waals surface area contributed by atoms with E-state index in [-0.39, 0.29) is 25.5 Å². The molecule has 55 heavy (non-hydrogen) atoms. The first-order valence-corrected chi connectivity index (χ1v) is 20.6. The fourth-order valence-electron chi connectivity index (χ4n) is 7.98. The van der Waals surface area contributed by atoms with Gasteiger partial charge >= 0.3 is 6.09 Å². The lowest BCUT2D eigenvalue weighted by molar-refractivity contribution is -0.143. The molecule has 1 saturated heterocycles. The van der Waals surface area contributed by atoms with Crippen molar-refractivity contribution in [2.75, 3.05) is 20.8 Å². The van der Waals surface area contributed by atoms with Crippen molar-refractivity contribution in [2.24, 2.45) is 11.3 Å². The number of likely N-dealkylation sites (tertiary alicyclic amines) is 1. The van der Waals surface area contributed by atoms with Gasteiger partial charge in [-0.1, -0.05) is 57.2 Å². The lowest BCUT2D eigenvalue weighted by Crippen LogP contribution is -2.60. The van der Waals surface area contributed by atoms with Crippen molar-refractivity contribution in [2.45, 2.75) is 114 Å². The number of benzene rings is 2. The van der Waals surface area contributed by atoms with Crippen LogP contribution in [0.15, 0.2) is 55.1 Å². The zero-order valence-corrected chi connectivity index (χ0v) is 33.4. The number of carbonyl (C=O) groups excluding carboxylic acids is 4. The second-order valence-corrected chi connectivity index (χ2v) is 18.5. The van der Waals surface area contributed by atoms with E-state index >= 15 is 0 Å². The first-order chi connectivity index (χ1) is 26.0. The van der Waals surface area contributed by atoms with Crippen molar-refractivity contribution < 1.29 is 41.8 Å². The summed E-state index contributed by atoms with van der Waals surface area (Å²) in [7, 11) is -0.755. The zero-order chi connectivity index (χ0) is 39.9. The van der Waals surface area contributed by atoms with Crippen molar-refractivity contribution in [3.8, 4) is 16.9 Å². The number of amides is 4. The maximum absolute atomic E-state index is 14.8. The van der Waals surface area contributed by atoms with Crippen LogP contribution in [0, 0.1) is 18.3 Å². The Morgan fingerprint density at radius 3 is 2.16 bits per heavy atom. The minimum Gasteiger partial charge on any atom is -0.496 e. The molecule has 5 atom stereocenters. The third-order valence-electron chi connectivity index (χ3n) is 11.6. The zero-order valence-electron chi connectivity index (χ0n) is 32.6. The Morgan fingerprint density at radius 2 is 1.62 bits per heavy atom. The molecule has 1 heterocycles. The van der Waals surface area contributed by atoms with Crippen LogP contribution in [0.1, 0.15) is 83.3 Å². The maximum atomic E-state index is 14.8. The van der Waals surface area contributed by atoms with E-state index < -0.39 is 73.6 Å². The summed E-state index contributed by atoms with van der Waals surface area (Å²) in [6.45, 7) is 11.2. The molecule has 1 aliphatic heterocycles. The molecule has 2 aromatic carbocycles. The molecule has 3 saturated carbocycles. The summed E-state index contributed by atoms with van der Waals surface area (Å²) in [5.74, 6) is -1.75. The summed E-state index contributed by atoms with van der Waals surface area (Å²) < 4.78 is 45.1. The number of rotatable bonds is 13. The van der Waals surface area contributed by atoms with Crippen molar-refractivity contribution in [3.63, 3.8) is 0 Å². The number of methoxy groups -OCH3 is 2. The van der Waals surface area contributed by atoms with Crippen molar-refractivity contribution in [1.29, 1.82) is 0 Å². The second-order valence-electron chi connectivity index (χ2n) is 16.6. The van der Waals surface area contributed by atoms with Crippen LogP contribution >= 0.6 is 0 Å². The smallest absolute Gasteiger partial charge is 0.408 e. The van der Waals surface area contributed by atoms with E-state index in [1.54, 1.807) is 7.11 Å². The molecule has 0 radical (unpaired) electrons. The number of hydrogen-bond donors (Lipinski definition) is 3. The van der Waals surface area contributed by atoms with Gasteiger partial charge in [-0.25, -0.2) is 13.2 Å². The molecule has 4 aliphatic rings. The van der Waals surface area contributed by atoms with Gasteiger partial charge in [0.05, 0.1) is 18.9 Å². The molecule has 3 N–H and O–H groups in total. The minimum absolute atomic E-state index is 0.0161. The number of alkyl carbamates (subject to hydrolysis) is 1. The van der Waals surface area contributed by atoms with Crippen LogP contribution in [0.2, 0.25) is 0 Å². The Morgan fingerprint density at radius 1 is 0.964 bits per heavy atom. The van der Waals surface area contributed by atoms with Gasteiger partial charge in [-0.3, -0.25) is 19.1 Å².